The first-order chi connectivity index (χ1) is 16.4. The van der Waals surface area contributed by atoms with Gasteiger partial charge in [0.05, 0.1) is 12.5 Å². The number of nitrogens with two attached hydrogens (primary N) is 3. The summed E-state index contributed by atoms with van der Waals surface area (Å²) in [6, 6.07) is 3.26. The van der Waals surface area contributed by atoms with Crippen LogP contribution in [0.25, 0.3) is 0 Å². The van der Waals surface area contributed by atoms with Gasteiger partial charge in [-0.05, 0) is 12.0 Å². The molecule has 0 saturated heterocycles. The van der Waals surface area contributed by atoms with Crippen molar-refractivity contribution in [1.82, 2.24) is 16.0 Å². The summed E-state index contributed by atoms with van der Waals surface area (Å²) in [5.74, 6) is -5.61. The van der Waals surface area contributed by atoms with Gasteiger partial charge in [0, 0.05) is 18.6 Å². The van der Waals surface area contributed by atoms with E-state index in [0.717, 1.165) is 0 Å². The number of amides is 5. The van der Waals surface area contributed by atoms with Gasteiger partial charge in [0.1, 0.15) is 18.1 Å². The molecule has 4 unspecified atom stereocenters. The molecule has 192 valence electrons. The predicted octanol–water partition coefficient (Wildman–Crippen LogP) is -2.83. The topological polar surface area (TPSA) is 237 Å². The Hall–Kier alpha value is -3.65. The molecule has 0 spiro atoms. The zero-order valence-corrected chi connectivity index (χ0v) is 19.7. The van der Waals surface area contributed by atoms with Gasteiger partial charge in [-0.1, -0.05) is 30.3 Å². The Bertz CT molecular complexity index is 930. The Balaban J connectivity index is 3.12. The van der Waals surface area contributed by atoms with Gasteiger partial charge in [-0.3, -0.25) is 24.0 Å². The standard InChI is InChI=1S/C21H30N6O7S/c22-12(10-35)18(30)26-15(9-17(24)29)20(32)27-14(8-11-4-2-1-3-5-11)19(31)25-13(21(33)34)6-7-16(23)28/h1-5,12-15,35H,6-10,22H2,(H2,23,28)(H2,24,29)(H,25,31)(H,26,30)(H,27,32)(H,33,34). The van der Waals surface area contributed by atoms with Gasteiger partial charge >= 0.3 is 5.97 Å². The quantitative estimate of drug-likeness (QED) is 0.114. The molecule has 14 heteroatoms. The van der Waals surface area contributed by atoms with Gasteiger partial charge in [0.15, 0.2) is 0 Å². The summed E-state index contributed by atoms with van der Waals surface area (Å²) in [6.07, 6.45) is -1.17. The summed E-state index contributed by atoms with van der Waals surface area (Å²) < 4.78 is 0. The lowest BCUT2D eigenvalue weighted by molar-refractivity contribution is -0.142. The summed E-state index contributed by atoms with van der Waals surface area (Å²) in [6.45, 7) is 0. The average molecular weight is 511 g/mol. The van der Waals surface area contributed by atoms with Crippen molar-refractivity contribution in [2.24, 2.45) is 17.2 Å². The van der Waals surface area contributed by atoms with E-state index in [2.05, 4.69) is 28.6 Å². The molecule has 35 heavy (non-hydrogen) atoms. The van der Waals surface area contributed by atoms with Crippen molar-refractivity contribution in [3.05, 3.63) is 35.9 Å². The molecule has 1 rings (SSSR count). The molecule has 0 bridgehead atoms. The molecule has 4 atom stereocenters. The SMILES string of the molecule is NC(=O)CCC(NC(=O)C(Cc1ccccc1)NC(=O)C(CC(N)=O)NC(=O)C(N)CS)C(=O)O. The fraction of sp³-hybridized carbons (Fsp3) is 0.429. The molecule has 0 fully saturated rings. The number of hydrogen-bond donors (Lipinski definition) is 8. The normalized spacial score (nSPS) is 14.0. The van der Waals surface area contributed by atoms with Crippen LogP contribution in [0.3, 0.4) is 0 Å². The van der Waals surface area contributed by atoms with Gasteiger partial charge in [0.25, 0.3) is 0 Å². The molecule has 1 aromatic carbocycles. The van der Waals surface area contributed by atoms with Crippen molar-refractivity contribution in [1.29, 1.82) is 0 Å². The molecule has 10 N–H and O–H groups in total. The Morgan fingerprint density at radius 3 is 1.89 bits per heavy atom. The summed E-state index contributed by atoms with van der Waals surface area (Å²) >= 11 is 3.91. The number of carbonyl (C=O) groups is 6. The van der Waals surface area contributed by atoms with E-state index in [4.69, 9.17) is 17.2 Å². The third kappa shape index (κ3) is 10.9. The molecular weight excluding hydrogens is 480 g/mol. The molecule has 0 aliphatic rings. The molecule has 0 aliphatic carbocycles. The van der Waals surface area contributed by atoms with Crippen molar-refractivity contribution < 1.29 is 33.9 Å². The molecule has 0 aromatic heterocycles. The van der Waals surface area contributed by atoms with Crippen LogP contribution in [0, 0.1) is 0 Å². The molecular formula is C21H30N6O7S. The molecule has 1 aromatic rings. The van der Waals surface area contributed by atoms with Gasteiger partial charge < -0.3 is 38.3 Å². The zero-order chi connectivity index (χ0) is 26.5. The third-order valence-electron chi connectivity index (χ3n) is 4.78. The van der Waals surface area contributed by atoms with Crippen LogP contribution in [0.1, 0.15) is 24.8 Å². The Kier molecular flexibility index (Phi) is 12.2. The number of carbonyl (C=O) groups excluding carboxylic acids is 5. The number of benzene rings is 1. The smallest absolute Gasteiger partial charge is 0.326 e. The number of carboxylic acids is 1. The van der Waals surface area contributed by atoms with Crippen LogP contribution in [0.5, 0.6) is 0 Å². The van der Waals surface area contributed by atoms with Crippen LogP contribution in [0.4, 0.5) is 0 Å². The number of thiol groups is 1. The van der Waals surface area contributed by atoms with E-state index in [0.29, 0.717) is 5.56 Å². The first kappa shape index (κ1) is 29.4. The molecule has 0 heterocycles. The van der Waals surface area contributed by atoms with Crippen LogP contribution >= 0.6 is 12.6 Å². The number of aliphatic carboxylic acids is 1. The minimum Gasteiger partial charge on any atom is -0.480 e. The van der Waals surface area contributed by atoms with Crippen molar-refractivity contribution in [3.8, 4) is 0 Å². The highest BCUT2D eigenvalue weighted by molar-refractivity contribution is 7.80. The minimum atomic E-state index is -1.44. The van der Waals surface area contributed by atoms with Crippen molar-refractivity contribution in [2.45, 2.75) is 49.9 Å². The Labute approximate surface area is 206 Å². The van der Waals surface area contributed by atoms with Crippen molar-refractivity contribution >= 4 is 48.1 Å². The number of nitrogens with one attached hydrogen (secondary N) is 3. The lowest BCUT2D eigenvalue weighted by atomic mass is 10.0. The van der Waals surface area contributed by atoms with E-state index in [1.807, 2.05) is 0 Å². The number of rotatable bonds is 15. The Morgan fingerprint density at radius 1 is 0.829 bits per heavy atom. The number of carboxylic acid groups (broad SMARTS) is 1. The fourth-order valence-electron chi connectivity index (χ4n) is 2.92. The van der Waals surface area contributed by atoms with Crippen LogP contribution in [0.2, 0.25) is 0 Å². The van der Waals surface area contributed by atoms with Crippen LogP contribution in [-0.4, -0.2) is 70.5 Å². The van der Waals surface area contributed by atoms with Gasteiger partial charge in [-0.2, -0.15) is 12.6 Å². The van der Waals surface area contributed by atoms with Crippen LogP contribution in [-0.2, 0) is 35.2 Å². The van der Waals surface area contributed by atoms with E-state index in [9.17, 15) is 33.9 Å². The molecule has 13 nitrogen and oxygen atoms in total. The van der Waals surface area contributed by atoms with E-state index in [-0.39, 0.29) is 25.0 Å². The van der Waals surface area contributed by atoms with E-state index < -0.39 is 66.1 Å². The van der Waals surface area contributed by atoms with Crippen molar-refractivity contribution in [2.75, 3.05) is 5.75 Å². The molecule has 0 saturated carbocycles. The third-order valence-corrected chi connectivity index (χ3v) is 5.17. The second-order valence-corrected chi connectivity index (χ2v) is 8.04. The molecule has 0 radical (unpaired) electrons. The maximum absolute atomic E-state index is 12.9. The van der Waals surface area contributed by atoms with Crippen LogP contribution < -0.4 is 33.2 Å². The van der Waals surface area contributed by atoms with E-state index in [1.165, 1.54) is 0 Å². The molecule has 0 aliphatic heterocycles. The van der Waals surface area contributed by atoms with E-state index in [1.54, 1.807) is 30.3 Å². The largest absolute Gasteiger partial charge is 0.480 e. The van der Waals surface area contributed by atoms with Crippen molar-refractivity contribution in [3.63, 3.8) is 0 Å². The van der Waals surface area contributed by atoms with Gasteiger partial charge in [-0.15, -0.1) is 0 Å². The second-order valence-electron chi connectivity index (χ2n) is 7.68. The van der Waals surface area contributed by atoms with E-state index >= 15 is 0 Å². The number of primary amides is 2. The first-order valence-corrected chi connectivity index (χ1v) is 11.2. The zero-order valence-electron chi connectivity index (χ0n) is 18.8. The lowest BCUT2D eigenvalue weighted by Crippen LogP contribution is -2.58. The lowest BCUT2D eigenvalue weighted by Gasteiger charge is -2.24. The Morgan fingerprint density at radius 2 is 1.37 bits per heavy atom. The number of hydrogen-bond acceptors (Lipinski definition) is 8. The monoisotopic (exact) mass is 510 g/mol. The predicted molar refractivity (Wildman–Crippen MR) is 128 cm³/mol. The average Bonchev–Trinajstić information content (AvgIpc) is 2.79. The summed E-state index contributed by atoms with van der Waals surface area (Å²) in [5, 5.41) is 16.4. The second kappa shape index (κ2) is 14.6. The van der Waals surface area contributed by atoms with Crippen LogP contribution in [0.15, 0.2) is 30.3 Å². The highest BCUT2D eigenvalue weighted by Gasteiger charge is 2.31. The van der Waals surface area contributed by atoms with Gasteiger partial charge in [0.2, 0.25) is 29.5 Å². The molecule has 5 amide bonds. The highest BCUT2D eigenvalue weighted by atomic mass is 32.1. The fourth-order valence-corrected chi connectivity index (χ4v) is 3.09. The summed E-state index contributed by atoms with van der Waals surface area (Å²) in [4.78, 5) is 72.0. The first-order valence-electron chi connectivity index (χ1n) is 10.6. The summed E-state index contributed by atoms with van der Waals surface area (Å²) in [5.41, 5.74) is 16.5. The highest BCUT2D eigenvalue weighted by Crippen LogP contribution is 2.07. The maximum Gasteiger partial charge on any atom is 0.326 e. The minimum absolute atomic E-state index is 0.0301. The summed E-state index contributed by atoms with van der Waals surface area (Å²) in [7, 11) is 0. The van der Waals surface area contributed by atoms with Gasteiger partial charge in [-0.25, -0.2) is 4.79 Å². The maximum atomic E-state index is 12.9.